The number of carbonyl (C=O) groups is 2. The minimum absolute atomic E-state index is 0.0270. The predicted octanol–water partition coefficient (Wildman–Crippen LogP) is 4.61. The van der Waals surface area contributed by atoms with Crippen molar-refractivity contribution in [2.24, 2.45) is 9.36 Å². The number of nitrogens with one attached hydrogen (secondary N) is 2. The Hall–Kier alpha value is -3.92. The largest absolute Gasteiger partial charge is 0.444 e. The van der Waals surface area contributed by atoms with Gasteiger partial charge in [0.2, 0.25) is 0 Å². The zero-order valence-corrected chi connectivity index (χ0v) is 25.0. The molecule has 11 nitrogen and oxygen atoms in total. The number of aliphatic imine (C=N–C) groups is 1. The number of alkyl carbamates (subject to hydrolysis) is 1. The van der Waals surface area contributed by atoms with E-state index in [2.05, 4.69) is 25.0 Å². The van der Waals surface area contributed by atoms with Crippen LogP contribution in [0.1, 0.15) is 81.7 Å². The monoisotopic (exact) mass is 583 g/mol. The van der Waals surface area contributed by atoms with Crippen LogP contribution in [0.5, 0.6) is 0 Å². The molecule has 13 heteroatoms. The first-order valence-electron chi connectivity index (χ1n) is 13.2. The number of nitrogens with zero attached hydrogens (tertiary/aromatic N) is 5. The Morgan fingerprint density at radius 1 is 1.22 bits per heavy atom. The molecule has 0 radical (unpaired) electrons. The van der Waals surface area contributed by atoms with Gasteiger partial charge in [0.05, 0.1) is 20.5 Å². The molecule has 2 N–H and O–H groups in total. The molecule has 2 amide bonds. The number of nitriles is 1. The van der Waals surface area contributed by atoms with Crippen molar-refractivity contribution >= 4 is 33.4 Å². The zero-order valence-electron chi connectivity index (χ0n) is 24.2. The van der Waals surface area contributed by atoms with Crippen LogP contribution < -0.4 is 10.6 Å². The molecule has 0 fully saturated rings. The first-order chi connectivity index (χ1) is 19.0. The van der Waals surface area contributed by atoms with Crippen LogP contribution in [0.15, 0.2) is 33.8 Å². The third-order valence-electron chi connectivity index (χ3n) is 7.17. The smallest absolute Gasteiger partial charge is 0.413 e. The SMILES string of the molecule is Cc1cc(C#N)cnc1C(=O)Nc1ccc(F)c([C@@]2(C)N=C(NC(=O)OC(C)(C)C)C(C)(C)[S@@]3(=O)=NCCC[C@@H]23)n1. The van der Waals surface area contributed by atoms with Crippen LogP contribution in [0.4, 0.5) is 15.0 Å². The van der Waals surface area contributed by atoms with E-state index in [1.807, 2.05) is 6.07 Å². The molecule has 2 aliphatic heterocycles. The van der Waals surface area contributed by atoms with Crippen LogP contribution in [-0.2, 0) is 20.0 Å². The van der Waals surface area contributed by atoms with Gasteiger partial charge in [-0.1, -0.05) is 0 Å². The van der Waals surface area contributed by atoms with Crippen molar-refractivity contribution in [1.82, 2.24) is 15.3 Å². The van der Waals surface area contributed by atoms with Gasteiger partial charge in [-0.3, -0.25) is 15.1 Å². The average Bonchev–Trinajstić information content (AvgIpc) is 2.87. The van der Waals surface area contributed by atoms with E-state index in [1.165, 1.54) is 18.3 Å². The standard InChI is InChI=1S/C28H34FN7O4S/c1-16-13-17(14-30)15-31-21(16)23(37)34-20-11-10-18(29)22(33-20)28(7)19-9-8-12-32-41(19,39)27(5,6)24(36-28)35-25(38)40-26(2,3)4/h10-11,13,15,19H,8-9,12H2,1-7H3,(H,33,34,37)(H,35,36,38)/t19-,28-,41+/m0/s1. The second-order valence-electron chi connectivity index (χ2n) is 11.8. The van der Waals surface area contributed by atoms with Crippen molar-refractivity contribution in [2.45, 2.75) is 82.4 Å². The molecule has 0 aromatic carbocycles. The number of aromatic nitrogens is 2. The summed E-state index contributed by atoms with van der Waals surface area (Å²) in [7, 11) is -3.12. The third-order valence-corrected chi connectivity index (χ3v) is 10.9. The number of rotatable bonds is 3. The van der Waals surface area contributed by atoms with E-state index in [-0.39, 0.29) is 23.0 Å². The summed E-state index contributed by atoms with van der Waals surface area (Å²) in [6.45, 7) is 12.2. The molecule has 0 saturated carbocycles. The summed E-state index contributed by atoms with van der Waals surface area (Å²) in [4.78, 5) is 39.1. The highest BCUT2D eigenvalue weighted by Crippen LogP contribution is 2.47. The maximum absolute atomic E-state index is 15.6. The fourth-order valence-corrected chi connectivity index (χ4v) is 8.37. The molecule has 0 spiro atoms. The van der Waals surface area contributed by atoms with E-state index < -0.39 is 48.7 Å². The van der Waals surface area contributed by atoms with E-state index >= 15 is 4.39 Å². The average molecular weight is 584 g/mol. The molecule has 0 saturated heterocycles. The van der Waals surface area contributed by atoms with Crippen molar-refractivity contribution in [3.05, 3.63) is 52.7 Å². The molecule has 0 aliphatic carbocycles. The Labute approximate surface area is 239 Å². The van der Waals surface area contributed by atoms with Gasteiger partial charge < -0.3 is 10.1 Å². The molecular weight excluding hydrogens is 549 g/mol. The Kier molecular flexibility index (Phi) is 7.68. The predicted molar refractivity (Wildman–Crippen MR) is 153 cm³/mol. The Morgan fingerprint density at radius 2 is 1.93 bits per heavy atom. The highest BCUT2D eigenvalue weighted by atomic mass is 32.2. The number of aryl methyl sites for hydroxylation is 1. The fourth-order valence-electron chi connectivity index (χ4n) is 5.11. The molecule has 2 aromatic rings. The van der Waals surface area contributed by atoms with Crippen molar-refractivity contribution < 1.29 is 22.9 Å². The van der Waals surface area contributed by atoms with E-state index in [9.17, 15) is 13.8 Å². The van der Waals surface area contributed by atoms with Crippen LogP contribution in [0.25, 0.3) is 0 Å². The number of halogens is 1. The summed E-state index contributed by atoms with van der Waals surface area (Å²) < 4.78 is 39.0. The lowest BCUT2D eigenvalue weighted by Gasteiger charge is -2.48. The Bertz CT molecular complexity index is 1620. The summed E-state index contributed by atoms with van der Waals surface area (Å²) in [5.41, 5.74) is -1.57. The van der Waals surface area contributed by atoms with Crippen molar-refractivity contribution in [3.8, 4) is 6.07 Å². The van der Waals surface area contributed by atoms with Crippen molar-refractivity contribution in [1.29, 1.82) is 5.26 Å². The third kappa shape index (κ3) is 5.53. The molecule has 3 atom stereocenters. The normalized spacial score (nSPS) is 25.0. The second-order valence-corrected chi connectivity index (χ2v) is 14.8. The minimum Gasteiger partial charge on any atom is -0.444 e. The molecule has 4 rings (SSSR count). The van der Waals surface area contributed by atoms with Crippen LogP contribution in [0.2, 0.25) is 0 Å². The molecular formula is C28H34FN7O4S. The maximum Gasteiger partial charge on any atom is 0.413 e. The Morgan fingerprint density at radius 3 is 2.56 bits per heavy atom. The molecule has 2 aromatic heterocycles. The summed E-state index contributed by atoms with van der Waals surface area (Å²) in [5.74, 6) is -1.24. The van der Waals surface area contributed by atoms with Gasteiger partial charge in [-0.25, -0.2) is 27.7 Å². The number of fused-ring (bicyclic) bond motifs is 1. The molecule has 218 valence electrons. The van der Waals surface area contributed by atoms with E-state index in [0.29, 0.717) is 30.5 Å². The molecule has 41 heavy (non-hydrogen) atoms. The van der Waals surface area contributed by atoms with Gasteiger partial charge in [0.25, 0.3) is 5.91 Å². The van der Waals surface area contributed by atoms with Crippen molar-refractivity contribution in [3.63, 3.8) is 0 Å². The quantitative estimate of drug-likeness (QED) is 0.534. The van der Waals surface area contributed by atoms with E-state index in [4.69, 9.17) is 15.0 Å². The van der Waals surface area contributed by atoms with Gasteiger partial charge in [0.15, 0.2) is 0 Å². The van der Waals surface area contributed by atoms with Gasteiger partial charge in [0.1, 0.15) is 50.8 Å². The fraction of sp³-hybridized carbons (Fsp3) is 0.500. The number of carbonyl (C=O) groups excluding carboxylic acids is 2. The number of amides is 2. The number of anilines is 1. The van der Waals surface area contributed by atoms with Crippen LogP contribution in [0, 0.1) is 24.1 Å². The first kappa shape index (κ1) is 30.0. The highest BCUT2D eigenvalue weighted by Gasteiger charge is 2.57. The molecule has 0 unspecified atom stereocenters. The number of pyridine rings is 2. The lowest BCUT2D eigenvalue weighted by molar-refractivity contribution is 0.0560. The number of amidine groups is 1. The lowest BCUT2D eigenvalue weighted by Crippen LogP contribution is -2.62. The summed E-state index contributed by atoms with van der Waals surface area (Å²) in [6.07, 6.45) is 1.56. The second kappa shape index (κ2) is 10.5. The van der Waals surface area contributed by atoms with Gasteiger partial charge in [-0.05, 0) is 85.1 Å². The lowest BCUT2D eigenvalue weighted by atomic mass is 9.89. The van der Waals surface area contributed by atoms with Crippen LogP contribution in [-0.4, -0.2) is 54.2 Å². The van der Waals surface area contributed by atoms with E-state index in [0.717, 1.165) is 6.07 Å². The number of hydrogen-bond donors (Lipinski definition) is 2. The maximum atomic E-state index is 15.6. The first-order valence-corrected chi connectivity index (χ1v) is 14.8. The molecule has 0 bridgehead atoms. The summed E-state index contributed by atoms with van der Waals surface area (Å²) in [5, 5.41) is 13.6. The van der Waals surface area contributed by atoms with Gasteiger partial charge in [-0.2, -0.15) is 5.26 Å². The van der Waals surface area contributed by atoms with Crippen molar-refractivity contribution in [2.75, 3.05) is 11.9 Å². The van der Waals surface area contributed by atoms with Crippen LogP contribution >= 0.6 is 0 Å². The van der Waals surface area contributed by atoms with Gasteiger partial charge >= 0.3 is 6.09 Å². The topological polar surface area (TPSA) is 159 Å². The van der Waals surface area contributed by atoms with E-state index in [1.54, 1.807) is 48.5 Å². The molecule has 2 aliphatic rings. The minimum atomic E-state index is -3.12. The van der Waals surface area contributed by atoms with Gasteiger partial charge in [-0.15, -0.1) is 0 Å². The zero-order chi connectivity index (χ0) is 30.4. The highest BCUT2D eigenvalue weighted by molar-refractivity contribution is 7.96. The number of hydrogen-bond acceptors (Lipinski definition) is 9. The Balaban J connectivity index is 1.80. The number of ether oxygens (including phenoxy) is 1. The summed E-state index contributed by atoms with van der Waals surface area (Å²) in [6, 6.07) is 5.96. The molecule has 4 heterocycles. The summed E-state index contributed by atoms with van der Waals surface area (Å²) >= 11 is 0. The van der Waals surface area contributed by atoms with Crippen LogP contribution in [0.3, 0.4) is 0 Å². The van der Waals surface area contributed by atoms with Gasteiger partial charge in [0, 0.05) is 12.7 Å².